The van der Waals surface area contributed by atoms with E-state index in [2.05, 4.69) is 36.5 Å². The summed E-state index contributed by atoms with van der Waals surface area (Å²) in [6, 6.07) is 0.685. The second-order valence-corrected chi connectivity index (χ2v) is 7.01. The van der Waals surface area contributed by atoms with Gasteiger partial charge >= 0.3 is 0 Å². The molecule has 0 unspecified atom stereocenters. The van der Waals surface area contributed by atoms with E-state index in [1.54, 1.807) is 11.3 Å². The van der Waals surface area contributed by atoms with Gasteiger partial charge in [-0.3, -0.25) is 4.79 Å². The molecule has 0 radical (unpaired) electrons. The Morgan fingerprint density at radius 1 is 1.50 bits per heavy atom. The molecule has 0 spiro atoms. The Morgan fingerprint density at radius 3 is 2.78 bits per heavy atom. The summed E-state index contributed by atoms with van der Waals surface area (Å²) in [7, 11) is 0. The fourth-order valence-electron chi connectivity index (χ4n) is 1.70. The van der Waals surface area contributed by atoms with Crippen molar-refractivity contribution in [2.24, 2.45) is 0 Å². The first-order chi connectivity index (χ1) is 8.45. The molecule has 3 nitrogen and oxygen atoms in total. The van der Waals surface area contributed by atoms with E-state index in [0.717, 1.165) is 17.2 Å². The molecule has 1 saturated carbocycles. The molecule has 1 N–H and O–H groups in total. The van der Waals surface area contributed by atoms with Crippen molar-refractivity contribution >= 4 is 17.1 Å². The van der Waals surface area contributed by atoms with Crippen LogP contribution in [0.5, 0.6) is 0 Å². The van der Waals surface area contributed by atoms with Crippen LogP contribution in [-0.4, -0.2) is 23.4 Å². The Kier molecular flexibility index (Phi) is 4.17. The van der Waals surface area contributed by atoms with Crippen LogP contribution in [0.1, 0.15) is 50.7 Å². The quantitative estimate of drug-likeness (QED) is 0.861. The van der Waals surface area contributed by atoms with E-state index in [-0.39, 0.29) is 11.2 Å². The molecule has 0 bridgehead atoms. The van der Waals surface area contributed by atoms with Crippen LogP contribution in [0.25, 0.3) is 0 Å². The van der Waals surface area contributed by atoms with E-state index in [1.807, 2.05) is 0 Å². The van der Waals surface area contributed by atoms with Crippen molar-refractivity contribution in [3.05, 3.63) is 16.1 Å². The topological polar surface area (TPSA) is 42.0 Å². The number of Topliss-reactive ketones (excluding diaryl/α,β-unsaturated/α-hetero) is 1. The summed E-state index contributed by atoms with van der Waals surface area (Å²) in [6.07, 6.45) is 3.67. The Morgan fingerprint density at radius 2 is 2.22 bits per heavy atom. The number of nitrogens with one attached hydrogen (secondary N) is 1. The summed E-state index contributed by atoms with van der Waals surface area (Å²) in [5.41, 5.74) is 1.16. The van der Waals surface area contributed by atoms with Crippen LogP contribution < -0.4 is 5.32 Å². The first kappa shape index (κ1) is 13.7. The number of hydrogen-bond acceptors (Lipinski definition) is 4. The third-order valence-corrected chi connectivity index (χ3v) is 3.93. The largest absolute Gasteiger partial charge is 0.314 e. The number of aromatic nitrogens is 1. The van der Waals surface area contributed by atoms with E-state index in [0.29, 0.717) is 18.9 Å². The number of nitrogens with zero attached hydrogens (tertiary/aromatic N) is 1. The summed E-state index contributed by atoms with van der Waals surface area (Å²) >= 11 is 1.60. The van der Waals surface area contributed by atoms with Gasteiger partial charge in [-0.1, -0.05) is 20.8 Å². The third kappa shape index (κ3) is 4.18. The molecular weight excluding hydrogens is 244 g/mol. The minimum atomic E-state index is 0.0747. The molecule has 1 fully saturated rings. The Labute approximate surface area is 113 Å². The third-order valence-electron chi connectivity index (χ3n) is 3.08. The molecule has 0 amide bonds. The van der Waals surface area contributed by atoms with Gasteiger partial charge in [0.1, 0.15) is 10.8 Å². The molecule has 1 aromatic heterocycles. The average Bonchev–Trinajstić information content (AvgIpc) is 2.94. The molecule has 4 heteroatoms. The second kappa shape index (κ2) is 5.49. The first-order valence-electron chi connectivity index (χ1n) is 6.65. The molecule has 1 aliphatic carbocycles. The van der Waals surface area contributed by atoms with Crippen molar-refractivity contribution in [1.29, 1.82) is 0 Å². The summed E-state index contributed by atoms with van der Waals surface area (Å²) < 4.78 is 0. The standard InChI is InChI=1S/C14H22N2OS/c1-14(2,3)12-9-18-13(16-12)8-11(17)6-7-15-10-4-5-10/h9-10,15H,4-8H2,1-3H3. The van der Waals surface area contributed by atoms with Gasteiger partial charge in [-0.15, -0.1) is 11.3 Å². The molecule has 100 valence electrons. The van der Waals surface area contributed by atoms with Crippen molar-refractivity contribution in [3.8, 4) is 0 Å². The SMILES string of the molecule is CC(C)(C)c1csc(CC(=O)CCNC2CC2)n1. The normalized spacial score (nSPS) is 15.9. The van der Waals surface area contributed by atoms with E-state index in [9.17, 15) is 4.79 Å². The van der Waals surface area contributed by atoms with Gasteiger partial charge in [-0.25, -0.2) is 4.98 Å². The highest BCUT2D eigenvalue weighted by atomic mass is 32.1. The van der Waals surface area contributed by atoms with Gasteiger partial charge in [-0.2, -0.15) is 0 Å². The summed E-state index contributed by atoms with van der Waals surface area (Å²) in [4.78, 5) is 16.4. The van der Waals surface area contributed by atoms with Gasteiger partial charge in [0.05, 0.1) is 12.1 Å². The van der Waals surface area contributed by atoms with Gasteiger partial charge in [0.15, 0.2) is 0 Å². The summed E-state index contributed by atoms with van der Waals surface area (Å²) in [6.45, 7) is 7.26. The maximum atomic E-state index is 11.8. The van der Waals surface area contributed by atoms with Crippen LogP contribution in [0.4, 0.5) is 0 Å². The summed E-state index contributed by atoms with van der Waals surface area (Å²) in [5, 5.41) is 6.39. The highest BCUT2D eigenvalue weighted by molar-refractivity contribution is 7.09. The lowest BCUT2D eigenvalue weighted by Gasteiger charge is -2.14. The lowest BCUT2D eigenvalue weighted by atomic mass is 9.93. The van der Waals surface area contributed by atoms with Gasteiger partial charge in [0.2, 0.25) is 0 Å². The Bertz CT molecular complexity index is 416. The molecule has 2 rings (SSSR count). The average molecular weight is 266 g/mol. The predicted molar refractivity (Wildman–Crippen MR) is 75.2 cm³/mol. The zero-order chi connectivity index (χ0) is 13.2. The molecule has 0 atom stereocenters. The maximum Gasteiger partial charge on any atom is 0.140 e. The predicted octanol–water partition coefficient (Wildman–Crippen LogP) is 2.69. The minimum Gasteiger partial charge on any atom is -0.314 e. The van der Waals surface area contributed by atoms with Crippen LogP contribution in [0.3, 0.4) is 0 Å². The fraction of sp³-hybridized carbons (Fsp3) is 0.714. The minimum absolute atomic E-state index is 0.0747. The van der Waals surface area contributed by atoms with Crippen LogP contribution >= 0.6 is 11.3 Å². The van der Waals surface area contributed by atoms with Crippen molar-refractivity contribution in [3.63, 3.8) is 0 Å². The second-order valence-electron chi connectivity index (χ2n) is 6.07. The fourth-order valence-corrected chi connectivity index (χ4v) is 2.75. The number of ketones is 1. The van der Waals surface area contributed by atoms with Gasteiger partial charge in [0, 0.05) is 29.8 Å². The molecule has 0 aliphatic heterocycles. The van der Waals surface area contributed by atoms with Gasteiger partial charge in [-0.05, 0) is 12.8 Å². The smallest absolute Gasteiger partial charge is 0.140 e. The molecule has 1 aromatic rings. The van der Waals surface area contributed by atoms with Crippen molar-refractivity contribution in [2.75, 3.05) is 6.54 Å². The molecule has 18 heavy (non-hydrogen) atoms. The summed E-state index contributed by atoms with van der Waals surface area (Å²) in [5.74, 6) is 0.290. The lowest BCUT2D eigenvalue weighted by Crippen LogP contribution is -2.20. The van der Waals surface area contributed by atoms with Crippen molar-refractivity contribution < 1.29 is 4.79 Å². The zero-order valence-corrected chi connectivity index (χ0v) is 12.3. The molecular formula is C14H22N2OS. The van der Waals surface area contributed by atoms with E-state index in [1.165, 1.54) is 12.8 Å². The maximum absolute atomic E-state index is 11.8. The molecule has 1 aliphatic rings. The van der Waals surface area contributed by atoms with E-state index >= 15 is 0 Å². The van der Waals surface area contributed by atoms with Crippen LogP contribution in [-0.2, 0) is 16.6 Å². The highest BCUT2D eigenvalue weighted by Crippen LogP contribution is 2.24. The van der Waals surface area contributed by atoms with Crippen molar-refractivity contribution in [1.82, 2.24) is 10.3 Å². The highest BCUT2D eigenvalue weighted by Gasteiger charge is 2.21. The Balaban J connectivity index is 1.77. The molecule has 1 heterocycles. The number of thiazole rings is 1. The lowest BCUT2D eigenvalue weighted by molar-refractivity contribution is -0.118. The zero-order valence-electron chi connectivity index (χ0n) is 11.5. The number of rotatable bonds is 6. The number of carbonyl (C=O) groups is 1. The van der Waals surface area contributed by atoms with Crippen molar-refractivity contribution in [2.45, 2.75) is 57.9 Å². The number of carbonyl (C=O) groups excluding carboxylic acids is 1. The molecule has 0 saturated heterocycles. The Hall–Kier alpha value is -0.740. The van der Waals surface area contributed by atoms with Crippen LogP contribution in [0.2, 0.25) is 0 Å². The van der Waals surface area contributed by atoms with Crippen LogP contribution in [0.15, 0.2) is 5.38 Å². The number of hydrogen-bond donors (Lipinski definition) is 1. The van der Waals surface area contributed by atoms with E-state index < -0.39 is 0 Å². The molecule has 0 aromatic carbocycles. The van der Waals surface area contributed by atoms with E-state index in [4.69, 9.17) is 0 Å². The van der Waals surface area contributed by atoms with Crippen LogP contribution in [0, 0.1) is 0 Å². The first-order valence-corrected chi connectivity index (χ1v) is 7.53. The van der Waals surface area contributed by atoms with Gasteiger partial charge < -0.3 is 5.32 Å². The van der Waals surface area contributed by atoms with Gasteiger partial charge in [0.25, 0.3) is 0 Å². The monoisotopic (exact) mass is 266 g/mol.